The van der Waals surface area contributed by atoms with Crippen molar-refractivity contribution in [3.05, 3.63) is 0 Å². The Kier molecular flexibility index (Phi) is 6.73. The van der Waals surface area contributed by atoms with Crippen LogP contribution < -0.4 is 0 Å². The number of aliphatic hydroxyl groups excluding tert-OH is 1. The van der Waals surface area contributed by atoms with Crippen LogP contribution in [0.25, 0.3) is 0 Å². The highest BCUT2D eigenvalue weighted by Crippen LogP contribution is 2.77. The number of aliphatic hydroxyl groups is 1. The Hall–Kier alpha value is -0.120. The zero-order valence-electron chi connectivity index (χ0n) is 25.1. The number of rotatable bonds is 4. The van der Waals surface area contributed by atoms with Crippen molar-refractivity contribution in [1.29, 1.82) is 0 Å². The molecule has 0 aromatic rings. The van der Waals surface area contributed by atoms with E-state index in [-0.39, 0.29) is 17.8 Å². The van der Waals surface area contributed by atoms with E-state index in [1.807, 2.05) is 0 Å². The molecule has 6 rings (SSSR count). The molecule has 3 heteroatoms. The molecule has 0 amide bonds. The van der Waals surface area contributed by atoms with Gasteiger partial charge in [0.2, 0.25) is 0 Å². The average molecular weight is 515 g/mol. The summed E-state index contributed by atoms with van der Waals surface area (Å²) in [4.78, 5) is 0. The fourth-order valence-electron chi connectivity index (χ4n) is 12.7. The molecule has 0 aromatic carbocycles. The van der Waals surface area contributed by atoms with E-state index in [0.29, 0.717) is 27.6 Å². The van der Waals surface area contributed by atoms with Gasteiger partial charge in [0.05, 0.1) is 12.7 Å². The monoisotopic (exact) mass is 514 g/mol. The number of ether oxygens (including phenoxy) is 2. The van der Waals surface area contributed by atoms with Crippen LogP contribution in [0.15, 0.2) is 0 Å². The normalized spacial score (nSPS) is 55.1. The molecule has 11 atom stereocenters. The van der Waals surface area contributed by atoms with Crippen LogP contribution in [0.4, 0.5) is 0 Å². The number of fused-ring (bicyclic) bond motifs is 7. The van der Waals surface area contributed by atoms with Crippen LogP contribution in [0.1, 0.15) is 131 Å². The predicted octanol–water partition coefficient (Wildman–Crippen LogP) is 8.38. The van der Waals surface area contributed by atoms with Crippen molar-refractivity contribution in [2.24, 2.45) is 56.7 Å². The maximum Gasteiger partial charge on any atom is 0.157 e. The molecule has 1 N–H and O–H groups in total. The molecule has 6 aliphatic rings. The minimum absolute atomic E-state index is 0.0467. The summed E-state index contributed by atoms with van der Waals surface area (Å²) < 4.78 is 12.7. The lowest BCUT2D eigenvalue weighted by atomic mass is 9.32. The van der Waals surface area contributed by atoms with Crippen molar-refractivity contribution in [1.82, 2.24) is 0 Å². The molecule has 6 fully saturated rings. The topological polar surface area (TPSA) is 38.7 Å². The van der Waals surface area contributed by atoms with Gasteiger partial charge in [0, 0.05) is 6.61 Å². The van der Waals surface area contributed by atoms with Crippen LogP contribution in [0.3, 0.4) is 0 Å². The summed E-state index contributed by atoms with van der Waals surface area (Å²) in [7, 11) is 0. The maximum atomic E-state index is 11.0. The van der Waals surface area contributed by atoms with Crippen molar-refractivity contribution < 1.29 is 14.6 Å². The molecule has 5 saturated carbocycles. The Morgan fingerprint density at radius 2 is 1.59 bits per heavy atom. The summed E-state index contributed by atoms with van der Waals surface area (Å²) >= 11 is 0. The molecule has 1 unspecified atom stereocenters. The molecule has 212 valence electrons. The summed E-state index contributed by atoms with van der Waals surface area (Å²) in [6, 6.07) is 0. The molecule has 0 aromatic heterocycles. The summed E-state index contributed by atoms with van der Waals surface area (Å²) in [5.74, 6) is 3.99. The van der Waals surface area contributed by atoms with Gasteiger partial charge in [-0.05, 0) is 140 Å². The van der Waals surface area contributed by atoms with Crippen LogP contribution in [0, 0.1) is 56.7 Å². The van der Waals surface area contributed by atoms with Gasteiger partial charge in [0.15, 0.2) is 6.29 Å². The van der Waals surface area contributed by atoms with E-state index < -0.39 is 0 Å². The van der Waals surface area contributed by atoms with Gasteiger partial charge in [-0.1, -0.05) is 48.0 Å². The summed E-state index contributed by atoms with van der Waals surface area (Å²) in [5.41, 5.74) is 1.65. The summed E-state index contributed by atoms with van der Waals surface area (Å²) in [5, 5.41) is 11.0. The largest absolute Gasteiger partial charge is 0.393 e. The van der Waals surface area contributed by atoms with Crippen molar-refractivity contribution in [2.45, 2.75) is 144 Å². The van der Waals surface area contributed by atoms with Gasteiger partial charge < -0.3 is 14.6 Å². The third-order valence-corrected chi connectivity index (χ3v) is 14.9. The smallest absolute Gasteiger partial charge is 0.157 e. The second-order valence-corrected chi connectivity index (χ2v) is 16.2. The molecule has 1 saturated heterocycles. The Morgan fingerprint density at radius 1 is 0.784 bits per heavy atom. The molecule has 0 bridgehead atoms. The number of hydrogen-bond donors (Lipinski definition) is 1. The van der Waals surface area contributed by atoms with Gasteiger partial charge in [-0.2, -0.15) is 0 Å². The third kappa shape index (κ3) is 3.74. The summed E-state index contributed by atoms with van der Waals surface area (Å²) in [6.07, 6.45) is 18.1. The lowest BCUT2D eigenvalue weighted by Gasteiger charge is -2.73. The van der Waals surface area contributed by atoms with Crippen LogP contribution in [0.5, 0.6) is 0 Å². The fraction of sp³-hybridized carbons (Fsp3) is 1.00. The van der Waals surface area contributed by atoms with Crippen molar-refractivity contribution in [2.75, 3.05) is 13.2 Å². The van der Waals surface area contributed by atoms with E-state index in [4.69, 9.17) is 9.47 Å². The van der Waals surface area contributed by atoms with Crippen molar-refractivity contribution >= 4 is 0 Å². The number of hydrogen-bond acceptors (Lipinski definition) is 3. The van der Waals surface area contributed by atoms with E-state index in [1.165, 1.54) is 77.0 Å². The molecule has 1 aliphatic heterocycles. The minimum atomic E-state index is -0.130. The van der Waals surface area contributed by atoms with Gasteiger partial charge >= 0.3 is 0 Å². The molecule has 0 spiro atoms. The van der Waals surface area contributed by atoms with E-state index in [9.17, 15) is 5.11 Å². The molecule has 1 heterocycles. The lowest BCUT2D eigenvalue weighted by Crippen LogP contribution is -2.66. The zero-order valence-corrected chi connectivity index (χ0v) is 25.1. The van der Waals surface area contributed by atoms with Gasteiger partial charge in [0.1, 0.15) is 0 Å². The zero-order chi connectivity index (χ0) is 26.3. The minimum Gasteiger partial charge on any atom is -0.393 e. The quantitative estimate of drug-likeness (QED) is 0.409. The third-order valence-electron chi connectivity index (χ3n) is 14.9. The van der Waals surface area contributed by atoms with Crippen LogP contribution in [0.2, 0.25) is 0 Å². The van der Waals surface area contributed by atoms with Crippen LogP contribution in [-0.2, 0) is 9.47 Å². The highest BCUT2D eigenvalue weighted by molar-refractivity contribution is 5.19. The predicted molar refractivity (Wildman–Crippen MR) is 150 cm³/mol. The van der Waals surface area contributed by atoms with Crippen molar-refractivity contribution in [3.8, 4) is 0 Å². The SMILES string of the molecule is CC[C@@H]1CC[C@]2(COC3CCCCO3)CC[C@]3(C)[C@H](CC[C@@H]4[C@@]5(C)CC[C@H](O)C(C)(C)[C@@H]5CC[C@]43C)[C@@H]12. The van der Waals surface area contributed by atoms with E-state index >= 15 is 0 Å². The van der Waals surface area contributed by atoms with E-state index in [1.54, 1.807) is 0 Å². The molecular formula is C34H58O3. The molecule has 37 heavy (non-hydrogen) atoms. The highest BCUT2D eigenvalue weighted by Gasteiger charge is 2.70. The fourth-order valence-corrected chi connectivity index (χ4v) is 12.7. The standard InChI is InChI=1S/C34H58O3/c1-7-23-13-18-34(22-37-28-10-8-9-21-36-28)20-19-32(5)24(29(23)34)11-12-26-31(4)16-15-27(35)30(2,3)25(31)14-17-33(26,32)6/h23-29,35H,7-22H2,1-6H3/t23-,24-,25+,26-,27+,28?,29-,31+,32-,33-,34-/m1/s1. The first-order valence-electron chi connectivity index (χ1n) is 16.4. The second-order valence-electron chi connectivity index (χ2n) is 16.2. The first-order valence-corrected chi connectivity index (χ1v) is 16.4. The van der Waals surface area contributed by atoms with Gasteiger partial charge in [-0.25, -0.2) is 0 Å². The highest BCUT2D eigenvalue weighted by atomic mass is 16.7. The van der Waals surface area contributed by atoms with Gasteiger partial charge in [-0.15, -0.1) is 0 Å². The van der Waals surface area contributed by atoms with E-state index in [0.717, 1.165) is 49.7 Å². The molecular weight excluding hydrogens is 456 g/mol. The van der Waals surface area contributed by atoms with Crippen molar-refractivity contribution in [3.63, 3.8) is 0 Å². The van der Waals surface area contributed by atoms with E-state index in [2.05, 4.69) is 41.5 Å². The first kappa shape index (κ1) is 27.1. The van der Waals surface area contributed by atoms with Gasteiger partial charge in [-0.3, -0.25) is 0 Å². The Balaban J connectivity index is 1.30. The second kappa shape index (κ2) is 9.20. The lowest BCUT2D eigenvalue weighted by molar-refractivity contribution is -0.256. The summed E-state index contributed by atoms with van der Waals surface area (Å²) in [6.45, 7) is 17.2. The average Bonchev–Trinajstić information content (AvgIpc) is 3.25. The van der Waals surface area contributed by atoms with Gasteiger partial charge in [0.25, 0.3) is 0 Å². The Morgan fingerprint density at radius 3 is 2.32 bits per heavy atom. The maximum absolute atomic E-state index is 11.0. The van der Waals surface area contributed by atoms with Crippen LogP contribution >= 0.6 is 0 Å². The molecule has 5 aliphatic carbocycles. The molecule has 3 nitrogen and oxygen atoms in total. The Bertz CT molecular complexity index is 848. The first-order chi connectivity index (χ1) is 17.5. The van der Waals surface area contributed by atoms with Crippen LogP contribution in [-0.4, -0.2) is 30.7 Å². The molecule has 0 radical (unpaired) electrons. The Labute approximate surface area is 228 Å².